The number of rotatable bonds is 2. The van der Waals surface area contributed by atoms with E-state index in [1.165, 1.54) is 0 Å². The third-order valence-corrected chi connectivity index (χ3v) is 2.76. The van der Waals surface area contributed by atoms with E-state index in [0.29, 0.717) is 11.4 Å². The van der Waals surface area contributed by atoms with Crippen LogP contribution in [-0.4, -0.2) is 0 Å². The van der Waals surface area contributed by atoms with Crippen LogP contribution >= 0.6 is 0 Å². The number of anilines is 2. The van der Waals surface area contributed by atoms with Crippen molar-refractivity contribution in [1.29, 1.82) is 0 Å². The number of benzene rings is 2. The van der Waals surface area contributed by atoms with Gasteiger partial charge >= 0.3 is 0 Å². The number of allylic oxidation sites excluding steroid dienone is 2. The third kappa shape index (κ3) is 2.04. The molecule has 0 saturated carbocycles. The van der Waals surface area contributed by atoms with Crippen molar-refractivity contribution in [3.05, 3.63) is 42.2 Å². The highest BCUT2D eigenvalue weighted by Gasteiger charge is 2.08. The van der Waals surface area contributed by atoms with Gasteiger partial charge in [0.15, 0.2) is 0 Å². The summed E-state index contributed by atoms with van der Waals surface area (Å²) >= 11 is 0. The molecule has 2 aromatic carbocycles. The molecule has 0 saturated heterocycles. The zero-order chi connectivity index (χ0) is 12.4. The summed E-state index contributed by atoms with van der Waals surface area (Å²) < 4.78 is 5.74. The van der Waals surface area contributed by atoms with Crippen molar-refractivity contribution in [2.24, 2.45) is 0 Å². The van der Waals surface area contributed by atoms with Gasteiger partial charge < -0.3 is 16.2 Å². The van der Waals surface area contributed by atoms with E-state index >= 15 is 0 Å². The van der Waals surface area contributed by atoms with E-state index < -0.39 is 0 Å². The van der Waals surface area contributed by atoms with Crippen molar-refractivity contribution >= 4 is 22.1 Å². The molecule has 17 heavy (non-hydrogen) atoms. The maximum atomic E-state index is 6.01. The molecular weight excluding hydrogens is 212 g/mol. The zero-order valence-electron chi connectivity index (χ0n) is 10.0. The Kier molecular flexibility index (Phi) is 2.91. The van der Waals surface area contributed by atoms with Crippen molar-refractivity contribution < 1.29 is 4.74 Å². The number of nitrogen functional groups attached to an aromatic ring is 2. The van der Waals surface area contributed by atoms with E-state index in [2.05, 4.69) is 0 Å². The van der Waals surface area contributed by atoms with E-state index in [9.17, 15) is 0 Å². The van der Waals surface area contributed by atoms with Crippen LogP contribution in [0.3, 0.4) is 0 Å². The van der Waals surface area contributed by atoms with Crippen molar-refractivity contribution in [3.8, 4) is 5.75 Å². The normalized spacial score (nSPS) is 11.8. The lowest BCUT2D eigenvalue weighted by molar-refractivity contribution is 0.432. The molecule has 0 aliphatic carbocycles. The lowest BCUT2D eigenvalue weighted by atomic mass is 10.1. The Morgan fingerprint density at radius 3 is 2.65 bits per heavy atom. The first-order valence-electron chi connectivity index (χ1n) is 5.51. The second-order valence-corrected chi connectivity index (χ2v) is 3.92. The fraction of sp³-hybridized carbons (Fsp3) is 0.143. The van der Waals surface area contributed by atoms with Crippen molar-refractivity contribution in [3.63, 3.8) is 0 Å². The molecule has 2 aromatic rings. The molecule has 0 aromatic heterocycles. The SMILES string of the molecule is CC=C(C)Oc1cccc2ccc(N)c(N)c12. The summed E-state index contributed by atoms with van der Waals surface area (Å²) in [5.41, 5.74) is 13.0. The maximum Gasteiger partial charge on any atom is 0.136 e. The third-order valence-electron chi connectivity index (χ3n) is 2.76. The highest BCUT2D eigenvalue weighted by atomic mass is 16.5. The molecule has 0 radical (unpaired) electrons. The minimum Gasteiger partial charge on any atom is -0.462 e. The monoisotopic (exact) mass is 228 g/mol. The predicted molar refractivity (Wildman–Crippen MR) is 72.8 cm³/mol. The largest absolute Gasteiger partial charge is 0.462 e. The first kappa shape index (κ1) is 11.3. The molecule has 2 rings (SSSR count). The topological polar surface area (TPSA) is 61.3 Å². The van der Waals surface area contributed by atoms with Gasteiger partial charge in [0.2, 0.25) is 0 Å². The standard InChI is InChI=1S/C14H16N2O/c1-3-9(2)17-12-6-4-5-10-7-8-11(15)14(16)13(10)12/h3-8H,15-16H2,1-2H3. The molecule has 0 unspecified atom stereocenters. The highest BCUT2D eigenvalue weighted by molar-refractivity contribution is 6.02. The van der Waals surface area contributed by atoms with Gasteiger partial charge in [-0.15, -0.1) is 0 Å². The van der Waals surface area contributed by atoms with Crippen molar-refractivity contribution in [2.45, 2.75) is 13.8 Å². The summed E-state index contributed by atoms with van der Waals surface area (Å²) in [6.07, 6.45) is 1.90. The van der Waals surface area contributed by atoms with Crippen LogP contribution in [0.1, 0.15) is 13.8 Å². The summed E-state index contributed by atoms with van der Waals surface area (Å²) in [6.45, 7) is 3.83. The minimum atomic E-state index is 0.571. The van der Waals surface area contributed by atoms with E-state index in [-0.39, 0.29) is 0 Å². The van der Waals surface area contributed by atoms with Crippen LogP contribution < -0.4 is 16.2 Å². The molecule has 0 heterocycles. The fourth-order valence-electron chi connectivity index (χ4n) is 1.71. The molecule has 0 fully saturated rings. The lowest BCUT2D eigenvalue weighted by Crippen LogP contribution is -1.98. The summed E-state index contributed by atoms with van der Waals surface area (Å²) in [6, 6.07) is 9.58. The molecule has 88 valence electrons. The van der Waals surface area contributed by atoms with E-state index in [1.54, 1.807) is 0 Å². The molecule has 0 spiro atoms. The molecule has 0 aliphatic heterocycles. The number of hydrogen-bond donors (Lipinski definition) is 2. The molecule has 3 nitrogen and oxygen atoms in total. The van der Waals surface area contributed by atoms with Crippen LogP contribution in [0.25, 0.3) is 10.8 Å². The van der Waals surface area contributed by atoms with Gasteiger partial charge in [-0.1, -0.05) is 18.2 Å². The minimum absolute atomic E-state index is 0.571. The van der Waals surface area contributed by atoms with Crippen LogP contribution in [0.5, 0.6) is 5.75 Å². The summed E-state index contributed by atoms with van der Waals surface area (Å²) in [5.74, 6) is 1.57. The Hall–Kier alpha value is -2.16. The summed E-state index contributed by atoms with van der Waals surface area (Å²) in [7, 11) is 0. The van der Waals surface area contributed by atoms with Gasteiger partial charge in [0, 0.05) is 5.39 Å². The van der Waals surface area contributed by atoms with Crippen molar-refractivity contribution in [2.75, 3.05) is 11.5 Å². The number of nitrogens with two attached hydrogens (primary N) is 2. The number of fused-ring (bicyclic) bond motifs is 1. The number of ether oxygens (including phenoxy) is 1. The molecule has 0 atom stereocenters. The Morgan fingerprint density at radius 1 is 1.18 bits per heavy atom. The van der Waals surface area contributed by atoms with Gasteiger partial charge in [-0.25, -0.2) is 0 Å². The Bertz CT molecular complexity index is 588. The van der Waals surface area contributed by atoms with Crippen molar-refractivity contribution in [1.82, 2.24) is 0 Å². The average Bonchev–Trinajstić information content (AvgIpc) is 2.34. The molecular formula is C14H16N2O. The van der Waals surface area contributed by atoms with Gasteiger partial charge in [0.1, 0.15) is 5.75 Å². The van der Waals surface area contributed by atoms with Gasteiger partial charge in [-0.05, 0) is 37.4 Å². The molecule has 0 aliphatic rings. The zero-order valence-corrected chi connectivity index (χ0v) is 10.0. The van der Waals surface area contributed by atoms with E-state index in [4.69, 9.17) is 16.2 Å². The number of hydrogen-bond acceptors (Lipinski definition) is 3. The van der Waals surface area contributed by atoms with Gasteiger partial charge in [-0.3, -0.25) is 0 Å². The Morgan fingerprint density at radius 2 is 1.94 bits per heavy atom. The average molecular weight is 228 g/mol. The Labute approximate surface area is 101 Å². The van der Waals surface area contributed by atoms with Gasteiger partial charge in [0.05, 0.1) is 17.1 Å². The lowest BCUT2D eigenvalue weighted by Gasteiger charge is -2.12. The van der Waals surface area contributed by atoms with Crippen LogP contribution in [0.4, 0.5) is 11.4 Å². The first-order valence-corrected chi connectivity index (χ1v) is 5.51. The van der Waals surface area contributed by atoms with E-state index in [1.807, 2.05) is 50.3 Å². The second-order valence-electron chi connectivity index (χ2n) is 3.92. The molecule has 0 amide bonds. The molecule has 4 N–H and O–H groups in total. The van der Waals surface area contributed by atoms with Crippen LogP contribution in [0.2, 0.25) is 0 Å². The highest BCUT2D eigenvalue weighted by Crippen LogP contribution is 2.34. The Balaban J connectivity index is 2.67. The summed E-state index contributed by atoms with van der Waals surface area (Å²) in [4.78, 5) is 0. The molecule has 3 heteroatoms. The van der Waals surface area contributed by atoms with Gasteiger partial charge in [-0.2, -0.15) is 0 Å². The summed E-state index contributed by atoms with van der Waals surface area (Å²) in [5, 5.41) is 1.90. The van der Waals surface area contributed by atoms with Crippen LogP contribution in [0, 0.1) is 0 Å². The van der Waals surface area contributed by atoms with Gasteiger partial charge in [0.25, 0.3) is 0 Å². The second kappa shape index (κ2) is 4.37. The van der Waals surface area contributed by atoms with Crippen LogP contribution in [0.15, 0.2) is 42.2 Å². The fourth-order valence-corrected chi connectivity index (χ4v) is 1.71. The van der Waals surface area contributed by atoms with Crippen LogP contribution in [-0.2, 0) is 0 Å². The smallest absolute Gasteiger partial charge is 0.136 e. The quantitative estimate of drug-likeness (QED) is 0.612. The predicted octanol–water partition coefficient (Wildman–Crippen LogP) is 3.31. The first-order chi connectivity index (χ1) is 8.13. The maximum absolute atomic E-state index is 6.01. The van der Waals surface area contributed by atoms with E-state index in [0.717, 1.165) is 22.3 Å². The molecule has 0 bridgehead atoms.